The number of likely N-dealkylation sites (N-methyl/N-ethyl adjacent to an activating group) is 1. The zero-order valence-corrected chi connectivity index (χ0v) is 20.2. The number of aromatic nitrogens is 3. The molecule has 0 saturated carbocycles. The summed E-state index contributed by atoms with van der Waals surface area (Å²) >= 11 is 0. The number of rotatable bonds is 3. The lowest BCUT2D eigenvalue weighted by atomic mass is 9.85. The minimum absolute atomic E-state index is 0.0886. The van der Waals surface area contributed by atoms with E-state index in [1.54, 1.807) is 17.0 Å². The van der Waals surface area contributed by atoms with Crippen LogP contribution in [0.3, 0.4) is 0 Å². The predicted molar refractivity (Wildman–Crippen MR) is 132 cm³/mol. The van der Waals surface area contributed by atoms with E-state index in [-0.39, 0.29) is 17.6 Å². The number of halogens is 3. The summed E-state index contributed by atoms with van der Waals surface area (Å²) in [6.45, 7) is 4.00. The third kappa shape index (κ3) is 3.91. The van der Waals surface area contributed by atoms with E-state index >= 15 is 0 Å². The van der Waals surface area contributed by atoms with Gasteiger partial charge in [0.25, 0.3) is 5.91 Å². The zero-order chi connectivity index (χ0) is 25.8. The van der Waals surface area contributed by atoms with Crippen molar-refractivity contribution >= 4 is 39.5 Å². The lowest BCUT2D eigenvalue weighted by Crippen LogP contribution is -2.52. The van der Waals surface area contributed by atoms with Gasteiger partial charge in [0.15, 0.2) is 5.69 Å². The van der Waals surface area contributed by atoms with Crippen molar-refractivity contribution in [2.45, 2.75) is 44.8 Å². The number of aryl methyl sites for hydroxylation is 1. The van der Waals surface area contributed by atoms with Gasteiger partial charge in [0.2, 0.25) is 0 Å². The van der Waals surface area contributed by atoms with Gasteiger partial charge in [0, 0.05) is 48.2 Å². The van der Waals surface area contributed by atoms with Crippen LogP contribution in [0.5, 0.6) is 0 Å². The number of piperazine rings is 1. The molecule has 3 heterocycles. The molecule has 1 aliphatic carbocycles. The van der Waals surface area contributed by atoms with E-state index in [0.29, 0.717) is 59.8 Å². The van der Waals surface area contributed by atoms with Crippen molar-refractivity contribution in [3.8, 4) is 0 Å². The summed E-state index contributed by atoms with van der Waals surface area (Å²) in [7, 11) is 2.03. The summed E-state index contributed by atoms with van der Waals surface area (Å²) in [6, 6.07) is 3.67. The minimum atomic E-state index is -4.78. The normalized spacial score (nSPS) is 19.9. The van der Waals surface area contributed by atoms with Crippen molar-refractivity contribution in [2.75, 3.05) is 26.7 Å². The first-order chi connectivity index (χ1) is 17.1. The van der Waals surface area contributed by atoms with Gasteiger partial charge >= 0.3 is 6.18 Å². The van der Waals surface area contributed by atoms with Crippen LogP contribution in [0.15, 0.2) is 17.8 Å². The van der Waals surface area contributed by atoms with Crippen molar-refractivity contribution in [2.24, 2.45) is 5.73 Å². The molecule has 36 heavy (non-hydrogen) atoms. The van der Waals surface area contributed by atoms with Gasteiger partial charge in [-0.2, -0.15) is 18.3 Å². The van der Waals surface area contributed by atoms with Crippen molar-refractivity contribution < 1.29 is 18.0 Å². The molecule has 8 nitrogen and oxygen atoms in total. The number of allylic oxidation sites excluding steroid dienone is 2. The topological polar surface area (TPSA) is 115 Å². The Labute approximate surface area is 205 Å². The quantitative estimate of drug-likeness (QED) is 0.476. The Morgan fingerprint density at radius 2 is 1.89 bits per heavy atom. The smallest absolute Gasteiger partial charge is 0.394 e. The summed E-state index contributed by atoms with van der Waals surface area (Å²) in [5.74, 6) is -0.177. The summed E-state index contributed by atoms with van der Waals surface area (Å²) in [5.41, 5.74) is 6.70. The van der Waals surface area contributed by atoms with Crippen molar-refractivity contribution in [3.63, 3.8) is 0 Å². The number of benzene rings is 1. The highest BCUT2D eigenvalue weighted by Gasteiger charge is 2.36. The molecular weight excluding hydrogens is 471 g/mol. The van der Waals surface area contributed by atoms with Gasteiger partial charge in [-0.25, -0.2) is 4.98 Å². The average Bonchev–Trinajstić information content (AvgIpc) is 3.29. The molecule has 4 N–H and O–H groups in total. The molecule has 5 rings (SSSR count). The number of aromatic amines is 1. The number of nitrogens with zero attached hydrogens (tertiary/aromatic N) is 4. The van der Waals surface area contributed by atoms with Crippen molar-refractivity contribution in [1.29, 1.82) is 5.41 Å². The van der Waals surface area contributed by atoms with Crippen molar-refractivity contribution in [3.05, 3.63) is 40.3 Å². The molecule has 1 unspecified atom stereocenters. The Balaban J connectivity index is 1.74. The van der Waals surface area contributed by atoms with E-state index in [4.69, 9.17) is 11.1 Å². The molecule has 1 atom stereocenters. The molecule has 0 radical (unpaired) electrons. The van der Waals surface area contributed by atoms with Gasteiger partial charge in [0.05, 0.1) is 16.7 Å². The van der Waals surface area contributed by atoms with E-state index in [1.807, 2.05) is 7.05 Å². The number of alkyl halides is 3. The summed E-state index contributed by atoms with van der Waals surface area (Å²) in [4.78, 5) is 22.2. The minimum Gasteiger partial charge on any atom is -0.394 e. The van der Waals surface area contributed by atoms with Gasteiger partial charge < -0.3 is 20.9 Å². The van der Waals surface area contributed by atoms with Crippen LogP contribution >= 0.6 is 0 Å². The lowest BCUT2D eigenvalue weighted by molar-refractivity contribution is -0.0919. The lowest BCUT2D eigenvalue weighted by Gasteiger charge is -2.37. The van der Waals surface area contributed by atoms with Crippen LogP contribution in [0, 0.1) is 5.41 Å². The van der Waals surface area contributed by atoms with Crippen LogP contribution in [0.2, 0.25) is 0 Å². The van der Waals surface area contributed by atoms with Gasteiger partial charge in [-0.3, -0.25) is 9.89 Å². The molecular formula is C25H28F3N7O. The highest BCUT2D eigenvalue weighted by molar-refractivity contribution is 6.18. The Bertz CT molecular complexity index is 1410. The Kier molecular flexibility index (Phi) is 5.98. The molecule has 1 fully saturated rings. The number of nitrogens with one attached hydrogen (secondary N) is 2. The maximum Gasteiger partial charge on any atom is 0.431 e. The summed E-state index contributed by atoms with van der Waals surface area (Å²) < 4.78 is 40.4. The number of hydrogen-bond acceptors (Lipinski definition) is 6. The molecule has 1 amide bonds. The molecule has 11 heteroatoms. The standard InChI is InChI=1S/C25H28F3N7O/c1-13-12-35(10-9-34(13)2)24(36)22-20-18(32-33-22)8-7-17-19(20)14-5-3-4-6-15(14)21(31-17)16(11-29)23(30)25(26,27)28/h7-8,11,13,29H,3-6,9-10,12,30H2,1-2H3,(H,32,33). The molecule has 1 aromatic carbocycles. The summed E-state index contributed by atoms with van der Waals surface area (Å²) in [5, 5.41) is 16.4. The first kappa shape index (κ1) is 24.2. The second-order valence-electron chi connectivity index (χ2n) is 9.63. The highest BCUT2D eigenvalue weighted by atomic mass is 19.4. The third-order valence-electron chi connectivity index (χ3n) is 7.44. The van der Waals surface area contributed by atoms with Crippen LogP contribution in [0.25, 0.3) is 27.4 Å². The zero-order valence-electron chi connectivity index (χ0n) is 20.2. The number of pyridine rings is 1. The van der Waals surface area contributed by atoms with Crippen molar-refractivity contribution in [1.82, 2.24) is 25.0 Å². The van der Waals surface area contributed by atoms with Gasteiger partial charge in [-0.1, -0.05) is 0 Å². The maximum atomic E-state index is 13.6. The molecule has 0 spiro atoms. The van der Waals surface area contributed by atoms with E-state index < -0.39 is 17.4 Å². The molecule has 2 aromatic heterocycles. The largest absolute Gasteiger partial charge is 0.431 e. The number of H-pyrrole nitrogens is 1. The molecule has 2 aliphatic rings. The van der Waals surface area contributed by atoms with Crippen LogP contribution in [0.1, 0.15) is 47.1 Å². The average molecular weight is 500 g/mol. The first-order valence-corrected chi connectivity index (χ1v) is 12.0. The highest BCUT2D eigenvalue weighted by Crippen LogP contribution is 2.39. The van der Waals surface area contributed by atoms with Crippen LogP contribution in [0.4, 0.5) is 13.2 Å². The SMILES string of the molecule is CC1CN(C(=O)c2n[nH]c3ccc4nc(C(C=N)=C(N)C(F)(F)F)c5c(c4c23)CCCC5)CCN1C. The molecule has 3 aromatic rings. The third-order valence-corrected chi connectivity index (χ3v) is 7.44. The van der Waals surface area contributed by atoms with E-state index in [0.717, 1.165) is 30.3 Å². The van der Waals surface area contributed by atoms with Gasteiger partial charge in [-0.05, 0) is 62.9 Å². The molecule has 190 valence electrons. The van der Waals surface area contributed by atoms with Crippen LogP contribution in [-0.2, 0) is 12.8 Å². The molecule has 1 saturated heterocycles. The summed E-state index contributed by atoms with van der Waals surface area (Å²) in [6.07, 6.45) is -1.36. The number of hydrogen-bond donors (Lipinski definition) is 3. The second kappa shape index (κ2) is 8.88. The van der Waals surface area contributed by atoms with E-state index in [2.05, 4.69) is 27.0 Å². The predicted octanol–water partition coefficient (Wildman–Crippen LogP) is 3.65. The number of fused-ring (bicyclic) bond motifs is 5. The number of nitrogens with two attached hydrogens (primary N) is 1. The monoisotopic (exact) mass is 499 g/mol. The fourth-order valence-electron chi connectivity index (χ4n) is 5.32. The number of amides is 1. The number of carbonyl (C=O) groups is 1. The Morgan fingerprint density at radius 3 is 2.56 bits per heavy atom. The first-order valence-electron chi connectivity index (χ1n) is 12.0. The number of carbonyl (C=O) groups excluding carboxylic acids is 1. The Morgan fingerprint density at radius 1 is 1.17 bits per heavy atom. The van der Waals surface area contributed by atoms with E-state index in [9.17, 15) is 18.0 Å². The van der Waals surface area contributed by atoms with E-state index in [1.165, 1.54) is 0 Å². The maximum absolute atomic E-state index is 13.6. The Hall–Kier alpha value is -3.47. The fourth-order valence-corrected chi connectivity index (χ4v) is 5.32. The van der Waals surface area contributed by atoms with Gasteiger partial charge in [0.1, 0.15) is 5.70 Å². The van der Waals surface area contributed by atoms with Crippen LogP contribution in [-0.4, -0.2) is 76.0 Å². The second-order valence-corrected chi connectivity index (χ2v) is 9.63. The van der Waals surface area contributed by atoms with Crippen LogP contribution < -0.4 is 5.73 Å². The molecule has 0 bridgehead atoms. The van der Waals surface area contributed by atoms with Gasteiger partial charge in [-0.15, -0.1) is 0 Å². The molecule has 1 aliphatic heterocycles. The fraction of sp³-hybridized carbons (Fsp3) is 0.440.